The predicted molar refractivity (Wildman–Crippen MR) is 121 cm³/mol. The SMILES string of the molecule is CC1(C)Oc2ccc(C#N)cc2C(n2ccc(CCOCc3ccccc3)cc2=O)C1O. The molecule has 0 spiro atoms. The fourth-order valence-electron chi connectivity index (χ4n) is 4.01. The Morgan fingerprint density at radius 2 is 1.91 bits per heavy atom. The van der Waals surface area contributed by atoms with Crippen molar-refractivity contribution in [1.29, 1.82) is 5.26 Å². The predicted octanol–water partition coefficient (Wildman–Crippen LogP) is 3.60. The highest BCUT2D eigenvalue weighted by atomic mass is 16.5. The quantitative estimate of drug-likeness (QED) is 0.604. The fraction of sp³-hybridized carbons (Fsp3) is 0.308. The Kier molecular flexibility index (Phi) is 6.13. The van der Waals surface area contributed by atoms with E-state index in [-0.39, 0.29) is 5.56 Å². The van der Waals surface area contributed by atoms with E-state index in [4.69, 9.17) is 9.47 Å². The first-order valence-corrected chi connectivity index (χ1v) is 10.6. The minimum atomic E-state index is -0.971. The number of aliphatic hydroxyl groups is 1. The summed E-state index contributed by atoms with van der Waals surface area (Å²) in [6, 6.07) is 19.9. The van der Waals surface area contributed by atoms with E-state index in [1.807, 2.05) is 36.4 Å². The number of nitrogens with zero attached hydrogens (tertiary/aromatic N) is 2. The van der Waals surface area contributed by atoms with Gasteiger partial charge in [0.05, 0.1) is 30.9 Å². The molecule has 164 valence electrons. The van der Waals surface area contributed by atoms with Gasteiger partial charge in [-0.15, -0.1) is 0 Å². The average molecular weight is 431 g/mol. The molecule has 2 atom stereocenters. The summed E-state index contributed by atoms with van der Waals surface area (Å²) in [6.07, 6.45) is 1.34. The number of fused-ring (bicyclic) bond motifs is 1. The molecule has 32 heavy (non-hydrogen) atoms. The average Bonchev–Trinajstić information content (AvgIpc) is 2.79. The molecule has 2 unspecified atom stereocenters. The highest BCUT2D eigenvalue weighted by Gasteiger charge is 2.44. The first-order valence-electron chi connectivity index (χ1n) is 10.6. The number of benzene rings is 2. The lowest BCUT2D eigenvalue weighted by Crippen LogP contribution is -2.52. The van der Waals surface area contributed by atoms with Crippen molar-refractivity contribution in [2.75, 3.05) is 6.61 Å². The molecule has 0 saturated carbocycles. The molecule has 0 amide bonds. The third-order valence-corrected chi connectivity index (χ3v) is 5.80. The molecule has 0 aliphatic carbocycles. The second-order valence-corrected chi connectivity index (χ2v) is 8.53. The maximum Gasteiger partial charge on any atom is 0.251 e. The molecule has 0 bridgehead atoms. The van der Waals surface area contributed by atoms with E-state index in [1.54, 1.807) is 44.3 Å². The van der Waals surface area contributed by atoms with Gasteiger partial charge in [-0.05, 0) is 55.7 Å². The summed E-state index contributed by atoms with van der Waals surface area (Å²) in [5.74, 6) is 0.564. The lowest BCUT2D eigenvalue weighted by atomic mass is 9.85. The Labute approximate surface area is 187 Å². The number of aromatic nitrogens is 1. The van der Waals surface area contributed by atoms with Crippen molar-refractivity contribution in [3.05, 3.63) is 99.5 Å². The molecule has 1 N–H and O–H groups in total. The second kappa shape index (κ2) is 8.99. The first-order chi connectivity index (χ1) is 15.4. The summed E-state index contributed by atoms with van der Waals surface area (Å²) in [6.45, 7) is 4.60. The number of hydrogen-bond donors (Lipinski definition) is 1. The molecule has 0 fully saturated rings. The molecule has 2 heterocycles. The van der Waals surface area contributed by atoms with Crippen molar-refractivity contribution in [2.24, 2.45) is 0 Å². The summed E-state index contributed by atoms with van der Waals surface area (Å²) >= 11 is 0. The van der Waals surface area contributed by atoms with Crippen LogP contribution >= 0.6 is 0 Å². The van der Waals surface area contributed by atoms with Crippen molar-refractivity contribution >= 4 is 0 Å². The van der Waals surface area contributed by atoms with Gasteiger partial charge in [0.15, 0.2) is 0 Å². The van der Waals surface area contributed by atoms with Gasteiger partial charge >= 0.3 is 0 Å². The highest BCUT2D eigenvalue weighted by Crippen LogP contribution is 2.41. The summed E-state index contributed by atoms with van der Waals surface area (Å²) in [4.78, 5) is 13.0. The molecule has 0 radical (unpaired) electrons. The normalized spacial score (nSPS) is 18.9. The van der Waals surface area contributed by atoms with E-state index < -0.39 is 17.7 Å². The molecular weight excluding hydrogens is 404 g/mol. The zero-order valence-electron chi connectivity index (χ0n) is 18.2. The van der Waals surface area contributed by atoms with E-state index in [2.05, 4.69) is 6.07 Å². The zero-order valence-corrected chi connectivity index (χ0v) is 18.2. The molecule has 6 nitrogen and oxygen atoms in total. The van der Waals surface area contributed by atoms with Gasteiger partial charge in [0.25, 0.3) is 5.56 Å². The van der Waals surface area contributed by atoms with E-state index in [0.29, 0.717) is 36.5 Å². The largest absolute Gasteiger partial charge is 0.485 e. The Morgan fingerprint density at radius 1 is 1.12 bits per heavy atom. The molecular formula is C26H26N2O4. The summed E-state index contributed by atoms with van der Waals surface area (Å²) in [5.41, 5.74) is 1.93. The molecule has 4 rings (SSSR count). The monoisotopic (exact) mass is 430 g/mol. The highest BCUT2D eigenvalue weighted by molar-refractivity contribution is 5.46. The smallest absolute Gasteiger partial charge is 0.251 e. The Bertz CT molecular complexity index is 1190. The Balaban J connectivity index is 1.54. The van der Waals surface area contributed by atoms with Crippen molar-refractivity contribution < 1.29 is 14.6 Å². The van der Waals surface area contributed by atoms with Crippen LogP contribution in [-0.2, 0) is 17.8 Å². The third-order valence-electron chi connectivity index (χ3n) is 5.80. The maximum absolute atomic E-state index is 13.0. The minimum absolute atomic E-state index is 0.222. The van der Waals surface area contributed by atoms with Crippen molar-refractivity contribution in [1.82, 2.24) is 4.57 Å². The molecule has 3 aromatic rings. The minimum Gasteiger partial charge on any atom is -0.485 e. The number of aliphatic hydroxyl groups excluding tert-OH is 1. The standard InChI is InChI=1S/C26H26N2O4/c1-26(2)25(30)24(21-14-20(16-27)8-9-22(21)32-26)28-12-10-18(15-23(28)29)11-13-31-17-19-6-4-3-5-7-19/h3-10,12,14-15,24-25,30H,11,13,17H2,1-2H3. The summed E-state index contributed by atoms with van der Waals surface area (Å²) in [5, 5.41) is 20.3. The van der Waals surface area contributed by atoms with Crippen LogP contribution in [-0.4, -0.2) is 28.0 Å². The van der Waals surface area contributed by atoms with Gasteiger partial charge in [-0.3, -0.25) is 4.79 Å². The van der Waals surface area contributed by atoms with Crippen molar-refractivity contribution in [2.45, 2.75) is 44.6 Å². The van der Waals surface area contributed by atoms with Gasteiger partial charge in [0.2, 0.25) is 0 Å². The summed E-state index contributed by atoms with van der Waals surface area (Å²) in [7, 11) is 0. The topological polar surface area (TPSA) is 84.5 Å². The van der Waals surface area contributed by atoms with Crippen LogP contribution < -0.4 is 10.3 Å². The fourth-order valence-corrected chi connectivity index (χ4v) is 4.01. The van der Waals surface area contributed by atoms with Gasteiger partial charge in [-0.1, -0.05) is 30.3 Å². The number of ether oxygens (including phenoxy) is 2. The van der Waals surface area contributed by atoms with Gasteiger partial charge in [0.1, 0.15) is 17.5 Å². The number of hydrogen-bond acceptors (Lipinski definition) is 5. The van der Waals surface area contributed by atoms with Crippen molar-refractivity contribution in [3.63, 3.8) is 0 Å². The first kappa shape index (κ1) is 21.8. The Morgan fingerprint density at radius 3 is 2.62 bits per heavy atom. The number of nitriles is 1. The maximum atomic E-state index is 13.0. The lowest BCUT2D eigenvalue weighted by Gasteiger charge is -2.42. The van der Waals surface area contributed by atoms with E-state index in [9.17, 15) is 15.2 Å². The van der Waals surface area contributed by atoms with Gasteiger partial charge in [0, 0.05) is 17.8 Å². The van der Waals surface area contributed by atoms with Crippen molar-refractivity contribution in [3.8, 4) is 11.8 Å². The molecule has 1 aromatic heterocycles. The van der Waals surface area contributed by atoms with Crippen LogP contribution in [0.25, 0.3) is 0 Å². The van der Waals surface area contributed by atoms with Gasteiger partial charge in [-0.25, -0.2) is 0 Å². The molecule has 2 aromatic carbocycles. The van der Waals surface area contributed by atoms with E-state index >= 15 is 0 Å². The van der Waals surface area contributed by atoms with E-state index in [0.717, 1.165) is 11.1 Å². The van der Waals surface area contributed by atoms with Gasteiger partial charge < -0.3 is 19.1 Å². The van der Waals surface area contributed by atoms with Gasteiger partial charge in [-0.2, -0.15) is 5.26 Å². The molecule has 1 aliphatic rings. The molecule has 6 heteroatoms. The third kappa shape index (κ3) is 4.45. The van der Waals surface area contributed by atoms with Crippen LogP contribution in [0.15, 0.2) is 71.7 Å². The molecule has 1 aliphatic heterocycles. The lowest BCUT2D eigenvalue weighted by molar-refractivity contribution is -0.0642. The zero-order chi connectivity index (χ0) is 22.7. The summed E-state index contributed by atoms with van der Waals surface area (Å²) < 4.78 is 13.2. The van der Waals surface area contributed by atoms with Crippen LogP contribution in [0, 0.1) is 11.3 Å². The second-order valence-electron chi connectivity index (χ2n) is 8.53. The van der Waals surface area contributed by atoms with Crippen LogP contribution in [0.2, 0.25) is 0 Å². The Hall–Kier alpha value is -3.40. The van der Waals surface area contributed by atoms with Crippen LogP contribution in [0.5, 0.6) is 5.75 Å². The van der Waals surface area contributed by atoms with Crippen LogP contribution in [0.3, 0.4) is 0 Å². The number of pyridine rings is 1. The van der Waals surface area contributed by atoms with E-state index in [1.165, 1.54) is 4.57 Å². The molecule has 0 saturated heterocycles. The van der Waals surface area contributed by atoms with Crippen LogP contribution in [0.1, 0.15) is 42.1 Å². The van der Waals surface area contributed by atoms with Crippen LogP contribution in [0.4, 0.5) is 0 Å². The number of rotatable bonds is 6.